The number of hydrogen-bond donors (Lipinski definition) is 1. The summed E-state index contributed by atoms with van der Waals surface area (Å²) in [6.07, 6.45) is 1.76. The first-order valence-corrected chi connectivity index (χ1v) is 6.00. The molecule has 2 rings (SSSR count). The van der Waals surface area contributed by atoms with Crippen LogP contribution in [0.3, 0.4) is 0 Å². The van der Waals surface area contributed by atoms with Crippen molar-refractivity contribution in [2.45, 2.75) is 13.0 Å². The van der Waals surface area contributed by atoms with Crippen LogP contribution in [-0.2, 0) is 4.74 Å². The first-order chi connectivity index (χ1) is 8.65. The second-order valence-corrected chi connectivity index (χ2v) is 4.49. The highest BCUT2D eigenvalue weighted by atomic mass is 16.5. The van der Waals surface area contributed by atoms with Crippen LogP contribution in [-0.4, -0.2) is 31.8 Å². The summed E-state index contributed by atoms with van der Waals surface area (Å²) in [5.74, 6) is 0. The number of methoxy groups -OCH3 is 1. The van der Waals surface area contributed by atoms with Crippen LogP contribution in [0.5, 0.6) is 0 Å². The highest BCUT2D eigenvalue weighted by molar-refractivity contribution is 5.98. The Morgan fingerprint density at radius 1 is 1.39 bits per heavy atom. The van der Waals surface area contributed by atoms with Gasteiger partial charge in [0.15, 0.2) is 0 Å². The second-order valence-electron chi connectivity index (χ2n) is 4.49. The number of aromatic nitrogens is 1. The van der Waals surface area contributed by atoms with E-state index in [-0.39, 0.29) is 0 Å². The molecule has 96 valence electrons. The molecule has 0 fully saturated rings. The summed E-state index contributed by atoms with van der Waals surface area (Å²) in [6, 6.07) is 8.21. The molecular weight excluding hydrogens is 226 g/mol. The molecule has 0 spiro atoms. The second kappa shape index (κ2) is 5.23. The Morgan fingerprint density at radius 2 is 2.17 bits per heavy atom. The van der Waals surface area contributed by atoms with Gasteiger partial charge in [0, 0.05) is 37.5 Å². The molecule has 0 radical (unpaired) electrons. The minimum absolute atomic E-state index is 0.294. The van der Waals surface area contributed by atoms with E-state index in [1.807, 2.05) is 24.3 Å². The van der Waals surface area contributed by atoms with E-state index in [4.69, 9.17) is 10.5 Å². The molecule has 0 saturated carbocycles. The zero-order chi connectivity index (χ0) is 13.1. The first-order valence-electron chi connectivity index (χ1n) is 6.00. The number of nitrogen functional groups attached to an aromatic ring is 1. The molecule has 0 saturated heterocycles. The van der Waals surface area contributed by atoms with E-state index >= 15 is 0 Å². The smallest absolute Gasteiger partial charge is 0.0951 e. The molecule has 1 heterocycles. The van der Waals surface area contributed by atoms with Gasteiger partial charge < -0.3 is 15.4 Å². The van der Waals surface area contributed by atoms with Gasteiger partial charge >= 0.3 is 0 Å². The maximum absolute atomic E-state index is 5.95. The lowest BCUT2D eigenvalue weighted by atomic mass is 10.1. The molecule has 0 amide bonds. The molecule has 2 N–H and O–H groups in total. The maximum atomic E-state index is 5.95. The van der Waals surface area contributed by atoms with Gasteiger partial charge in [-0.3, -0.25) is 4.98 Å². The third-order valence-electron chi connectivity index (χ3n) is 3.23. The molecule has 4 heteroatoms. The quantitative estimate of drug-likeness (QED) is 0.840. The van der Waals surface area contributed by atoms with E-state index in [9.17, 15) is 0 Å². The molecule has 0 aliphatic rings. The number of nitrogens with zero attached hydrogens (tertiary/aromatic N) is 2. The minimum Gasteiger partial charge on any atom is -0.397 e. The predicted octanol–water partition coefficient (Wildman–Crippen LogP) is 2.29. The van der Waals surface area contributed by atoms with Crippen molar-refractivity contribution >= 4 is 22.3 Å². The van der Waals surface area contributed by atoms with E-state index in [2.05, 4.69) is 23.9 Å². The number of anilines is 2. The summed E-state index contributed by atoms with van der Waals surface area (Å²) in [6.45, 7) is 2.81. The van der Waals surface area contributed by atoms with E-state index < -0.39 is 0 Å². The predicted molar refractivity (Wildman–Crippen MR) is 75.9 cm³/mol. The average molecular weight is 245 g/mol. The lowest BCUT2D eigenvalue weighted by molar-refractivity contribution is 0.183. The van der Waals surface area contributed by atoms with E-state index in [0.29, 0.717) is 18.3 Å². The summed E-state index contributed by atoms with van der Waals surface area (Å²) >= 11 is 0. The number of rotatable bonds is 4. The van der Waals surface area contributed by atoms with Gasteiger partial charge in [-0.05, 0) is 31.2 Å². The van der Waals surface area contributed by atoms with Crippen molar-refractivity contribution in [2.24, 2.45) is 0 Å². The number of fused-ring (bicyclic) bond motifs is 1. The summed E-state index contributed by atoms with van der Waals surface area (Å²) in [5.41, 5.74) is 8.64. The van der Waals surface area contributed by atoms with Crippen molar-refractivity contribution in [3.8, 4) is 0 Å². The number of nitrogens with two attached hydrogens (primary N) is 1. The van der Waals surface area contributed by atoms with Crippen LogP contribution in [0.25, 0.3) is 10.9 Å². The van der Waals surface area contributed by atoms with Crippen LogP contribution in [0.1, 0.15) is 6.92 Å². The van der Waals surface area contributed by atoms with Gasteiger partial charge in [0.2, 0.25) is 0 Å². The van der Waals surface area contributed by atoms with Crippen molar-refractivity contribution in [3.63, 3.8) is 0 Å². The highest BCUT2D eigenvalue weighted by Gasteiger charge is 2.13. The molecule has 1 atom stereocenters. The van der Waals surface area contributed by atoms with Crippen LogP contribution in [0.2, 0.25) is 0 Å². The standard InChI is InChI=1S/C14H19N3O/c1-10(9-18-3)17(2)13-7-6-12(15)14-11(13)5-4-8-16-14/h4-8,10H,9,15H2,1-3H3. The molecule has 18 heavy (non-hydrogen) atoms. The number of hydrogen-bond acceptors (Lipinski definition) is 4. The highest BCUT2D eigenvalue weighted by Crippen LogP contribution is 2.29. The molecule has 0 aliphatic carbocycles. The van der Waals surface area contributed by atoms with Crippen molar-refractivity contribution in [3.05, 3.63) is 30.5 Å². The first kappa shape index (κ1) is 12.6. The number of benzene rings is 1. The topological polar surface area (TPSA) is 51.4 Å². The summed E-state index contributed by atoms with van der Waals surface area (Å²) < 4.78 is 5.20. The van der Waals surface area contributed by atoms with Crippen molar-refractivity contribution in [1.82, 2.24) is 4.98 Å². The molecule has 1 aromatic heterocycles. The summed E-state index contributed by atoms with van der Waals surface area (Å²) in [5, 5.41) is 1.07. The summed E-state index contributed by atoms with van der Waals surface area (Å²) in [4.78, 5) is 6.53. The van der Waals surface area contributed by atoms with Gasteiger partial charge in [-0.2, -0.15) is 0 Å². The van der Waals surface area contributed by atoms with Gasteiger partial charge in [0.25, 0.3) is 0 Å². The van der Waals surface area contributed by atoms with Crippen LogP contribution in [0.15, 0.2) is 30.5 Å². The Kier molecular flexibility index (Phi) is 3.67. The molecule has 1 unspecified atom stereocenters. The minimum atomic E-state index is 0.294. The largest absolute Gasteiger partial charge is 0.397 e. The van der Waals surface area contributed by atoms with Gasteiger partial charge in [-0.15, -0.1) is 0 Å². The fraction of sp³-hybridized carbons (Fsp3) is 0.357. The third-order valence-corrected chi connectivity index (χ3v) is 3.23. The zero-order valence-electron chi connectivity index (χ0n) is 11.1. The fourth-order valence-corrected chi connectivity index (χ4v) is 2.08. The van der Waals surface area contributed by atoms with Crippen LogP contribution in [0.4, 0.5) is 11.4 Å². The number of likely N-dealkylation sites (N-methyl/N-ethyl adjacent to an activating group) is 1. The van der Waals surface area contributed by atoms with Crippen LogP contribution >= 0.6 is 0 Å². The SMILES string of the molecule is COCC(C)N(C)c1ccc(N)c2ncccc12. The van der Waals surface area contributed by atoms with Crippen molar-refractivity contribution in [1.29, 1.82) is 0 Å². The van der Waals surface area contributed by atoms with E-state index in [1.165, 1.54) is 0 Å². The Hall–Kier alpha value is -1.81. The number of ether oxygens (including phenoxy) is 1. The summed E-state index contributed by atoms with van der Waals surface area (Å²) in [7, 11) is 3.77. The number of pyridine rings is 1. The Bertz CT molecular complexity index is 542. The lowest BCUT2D eigenvalue weighted by Crippen LogP contribution is -2.32. The van der Waals surface area contributed by atoms with Gasteiger partial charge in [-0.1, -0.05) is 0 Å². The molecule has 1 aromatic carbocycles. The fourth-order valence-electron chi connectivity index (χ4n) is 2.08. The van der Waals surface area contributed by atoms with E-state index in [0.717, 1.165) is 16.6 Å². The molecule has 2 aromatic rings. The van der Waals surface area contributed by atoms with Crippen LogP contribution < -0.4 is 10.6 Å². The van der Waals surface area contributed by atoms with Gasteiger partial charge in [0.1, 0.15) is 0 Å². The van der Waals surface area contributed by atoms with Crippen molar-refractivity contribution < 1.29 is 4.74 Å². The van der Waals surface area contributed by atoms with Gasteiger partial charge in [0.05, 0.1) is 17.8 Å². The van der Waals surface area contributed by atoms with Crippen LogP contribution in [0, 0.1) is 0 Å². The molecular formula is C14H19N3O. The average Bonchev–Trinajstić information content (AvgIpc) is 2.39. The molecule has 0 bridgehead atoms. The monoisotopic (exact) mass is 245 g/mol. The Morgan fingerprint density at radius 3 is 2.89 bits per heavy atom. The zero-order valence-corrected chi connectivity index (χ0v) is 11.1. The van der Waals surface area contributed by atoms with Gasteiger partial charge in [-0.25, -0.2) is 0 Å². The maximum Gasteiger partial charge on any atom is 0.0951 e. The van der Waals surface area contributed by atoms with Crippen molar-refractivity contribution in [2.75, 3.05) is 31.4 Å². The Balaban J connectivity index is 2.48. The molecule has 4 nitrogen and oxygen atoms in total. The lowest BCUT2D eigenvalue weighted by Gasteiger charge is -2.27. The Labute approximate surface area is 107 Å². The normalized spacial score (nSPS) is 12.6. The third kappa shape index (κ3) is 2.24. The molecule has 0 aliphatic heterocycles. The van der Waals surface area contributed by atoms with E-state index in [1.54, 1.807) is 13.3 Å².